The maximum Gasteiger partial charge on any atom is 0.513 e. The van der Waals surface area contributed by atoms with E-state index < -0.39 is 6.16 Å². The van der Waals surface area contributed by atoms with Crippen LogP contribution in [0.25, 0.3) is 6.08 Å². The first-order valence-corrected chi connectivity index (χ1v) is 6.92. The molecule has 0 spiro atoms. The second-order valence-corrected chi connectivity index (χ2v) is 4.47. The van der Waals surface area contributed by atoms with Crippen molar-refractivity contribution in [1.29, 1.82) is 0 Å². The molecule has 3 nitrogen and oxygen atoms in total. The lowest BCUT2D eigenvalue weighted by Gasteiger charge is -2.09. The zero-order chi connectivity index (χ0) is 14.9. The van der Waals surface area contributed by atoms with E-state index in [-0.39, 0.29) is 0 Å². The Morgan fingerprint density at radius 1 is 1.00 bits per heavy atom. The van der Waals surface area contributed by atoms with Crippen LogP contribution in [0.3, 0.4) is 0 Å². The first kappa shape index (κ1) is 14.9. The van der Waals surface area contributed by atoms with Gasteiger partial charge in [0.2, 0.25) is 0 Å². The van der Waals surface area contributed by atoms with E-state index in [0.29, 0.717) is 18.8 Å². The van der Waals surface area contributed by atoms with Crippen LogP contribution in [0.4, 0.5) is 4.79 Å². The van der Waals surface area contributed by atoms with Crippen molar-refractivity contribution < 1.29 is 14.3 Å². The predicted octanol–water partition coefficient (Wildman–Crippen LogP) is 4.44. The fourth-order valence-electron chi connectivity index (χ4n) is 1.90. The van der Waals surface area contributed by atoms with Gasteiger partial charge in [0.05, 0.1) is 6.61 Å². The summed E-state index contributed by atoms with van der Waals surface area (Å²) < 4.78 is 10.1. The molecule has 0 N–H and O–H groups in total. The van der Waals surface area contributed by atoms with Gasteiger partial charge in [-0.05, 0) is 24.1 Å². The summed E-state index contributed by atoms with van der Waals surface area (Å²) in [6.07, 6.45) is 1.72. The maximum atomic E-state index is 11.5. The first-order valence-electron chi connectivity index (χ1n) is 6.92. The molecule has 0 aromatic heterocycles. The highest BCUT2D eigenvalue weighted by molar-refractivity contribution is 5.64. The van der Waals surface area contributed by atoms with Crippen LogP contribution < -0.4 is 0 Å². The Morgan fingerprint density at radius 3 is 2.24 bits per heavy atom. The second-order valence-electron chi connectivity index (χ2n) is 4.47. The third kappa shape index (κ3) is 5.15. The van der Waals surface area contributed by atoms with E-state index in [4.69, 9.17) is 9.47 Å². The molecule has 0 saturated heterocycles. The Labute approximate surface area is 124 Å². The molecular weight excluding hydrogens is 264 g/mol. The minimum atomic E-state index is -0.671. The predicted molar refractivity (Wildman–Crippen MR) is 82.7 cm³/mol. The number of rotatable bonds is 5. The SMILES string of the molecule is CCOC(=O)O/C(=C\c1ccccc1)Cc1ccccc1. The Balaban J connectivity index is 2.18. The van der Waals surface area contributed by atoms with E-state index in [2.05, 4.69) is 0 Å². The highest BCUT2D eigenvalue weighted by Gasteiger charge is 2.09. The van der Waals surface area contributed by atoms with E-state index >= 15 is 0 Å². The molecular formula is C18H18O3. The van der Waals surface area contributed by atoms with Gasteiger partial charge in [-0.2, -0.15) is 0 Å². The normalized spacial score (nSPS) is 11.0. The number of hydrogen-bond donors (Lipinski definition) is 0. The molecule has 21 heavy (non-hydrogen) atoms. The number of benzene rings is 2. The maximum absolute atomic E-state index is 11.5. The van der Waals surface area contributed by atoms with Crippen molar-refractivity contribution in [3.8, 4) is 0 Å². The van der Waals surface area contributed by atoms with Crippen molar-refractivity contribution in [2.75, 3.05) is 6.61 Å². The third-order valence-electron chi connectivity index (χ3n) is 2.83. The van der Waals surface area contributed by atoms with E-state index in [1.165, 1.54) is 0 Å². The Morgan fingerprint density at radius 2 is 1.62 bits per heavy atom. The fraction of sp³-hybridized carbons (Fsp3) is 0.167. The van der Waals surface area contributed by atoms with Gasteiger partial charge in [0.1, 0.15) is 5.76 Å². The number of hydrogen-bond acceptors (Lipinski definition) is 3. The summed E-state index contributed by atoms with van der Waals surface area (Å²) in [5.41, 5.74) is 2.05. The number of allylic oxidation sites excluding steroid dienone is 1. The summed E-state index contributed by atoms with van der Waals surface area (Å²) >= 11 is 0. The van der Waals surface area contributed by atoms with Crippen molar-refractivity contribution in [2.24, 2.45) is 0 Å². The third-order valence-corrected chi connectivity index (χ3v) is 2.83. The molecule has 0 bridgehead atoms. The van der Waals surface area contributed by atoms with Gasteiger partial charge < -0.3 is 9.47 Å². The van der Waals surface area contributed by atoms with Gasteiger partial charge in [-0.15, -0.1) is 0 Å². The first-order chi connectivity index (χ1) is 10.3. The summed E-state index contributed by atoms with van der Waals surface area (Å²) in [5, 5.41) is 0. The zero-order valence-corrected chi connectivity index (χ0v) is 12.0. The largest absolute Gasteiger partial charge is 0.513 e. The van der Waals surface area contributed by atoms with Crippen LogP contribution in [0.2, 0.25) is 0 Å². The Kier molecular flexibility index (Phi) is 5.59. The molecule has 0 atom stereocenters. The van der Waals surface area contributed by atoms with Gasteiger partial charge >= 0.3 is 6.16 Å². The van der Waals surface area contributed by atoms with Crippen LogP contribution in [0.5, 0.6) is 0 Å². The van der Waals surface area contributed by atoms with Crippen molar-refractivity contribution >= 4 is 12.2 Å². The summed E-state index contributed by atoms with van der Waals surface area (Å²) in [6, 6.07) is 19.6. The lowest BCUT2D eigenvalue weighted by molar-refractivity contribution is 0.0810. The second kappa shape index (κ2) is 7.90. The molecule has 0 aliphatic rings. The molecule has 0 aliphatic carbocycles. The minimum Gasteiger partial charge on any atom is -0.434 e. The number of carbonyl (C=O) groups excluding carboxylic acids is 1. The Bertz CT molecular complexity index is 588. The molecule has 0 aliphatic heterocycles. The fourth-order valence-corrected chi connectivity index (χ4v) is 1.90. The molecule has 2 rings (SSSR count). The molecule has 108 valence electrons. The van der Waals surface area contributed by atoms with Crippen LogP contribution in [-0.2, 0) is 15.9 Å². The van der Waals surface area contributed by atoms with Gasteiger partial charge in [0.25, 0.3) is 0 Å². The minimum absolute atomic E-state index is 0.294. The number of carbonyl (C=O) groups is 1. The van der Waals surface area contributed by atoms with Crippen LogP contribution in [0.1, 0.15) is 18.1 Å². The van der Waals surface area contributed by atoms with E-state index in [9.17, 15) is 4.79 Å². The lowest BCUT2D eigenvalue weighted by Crippen LogP contribution is -2.08. The average Bonchev–Trinajstić information content (AvgIpc) is 2.49. The van der Waals surface area contributed by atoms with E-state index in [1.807, 2.05) is 66.7 Å². The Hall–Kier alpha value is -2.55. The van der Waals surface area contributed by atoms with Crippen LogP contribution in [0, 0.1) is 0 Å². The van der Waals surface area contributed by atoms with E-state index in [1.54, 1.807) is 6.92 Å². The highest BCUT2D eigenvalue weighted by Crippen LogP contribution is 2.14. The van der Waals surface area contributed by atoms with Gasteiger partial charge in [-0.25, -0.2) is 4.79 Å². The number of ether oxygens (including phenoxy) is 2. The molecule has 3 heteroatoms. The monoisotopic (exact) mass is 282 g/mol. The lowest BCUT2D eigenvalue weighted by atomic mass is 10.1. The molecule has 2 aromatic rings. The van der Waals surface area contributed by atoms with Gasteiger partial charge in [-0.1, -0.05) is 60.7 Å². The molecule has 0 fully saturated rings. The van der Waals surface area contributed by atoms with Crippen LogP contribution >= 0.6 is 0 Å². The van der Waals surface area contributed by atoms with Gasteiger partial charge in [0, 0.05) is 6.42 Å². The zero-order valence-electron chi connectivity index (χ0n) is 12.0. The molecule has 2 aromatic carbocycles. The van der Waals surface area contributed by atoms with E-state index in [0.717, 1.165) is 11.1 Å². The van der Waals surface area contributed by atoms with Gasteiger partial charge in [0.15, 0.2) is 0 Å². The summed E-state index contributed by atoms with van der Waals surface area (Å²) in [4.78, 5) is 11.5. The molecule has 0 unspecified atom stereocenters. The van der Waals surface area contributed by atoms with Crippen molar-refractivity contribution in [1.82, 2.24) is 0 Å². The van der Waals surface area contributed by atoms with Crippen molar-refractivity contribution in [3.63, 3.8) is 0 Å². The van der Waals surface area contributed by atoms with Crippen LogP contribution in [-0.4, -0.2) is 12.8 Å². The van der Waals surface area contributed by atoms with Crippen molar-refractivity contribution in [2.45, 2.75) is 13.3 Å². The molecule has 0 heterocycles. The molecule has 0 radical (unpaired) electrons. The van der Waals surface area contributed by atoms with Crippen molar-refractivity contribution in [3.05, 3.63) is 77.5 Å². The quantitative estimate of drug-likeness (QED) is 0.600. The standard InChI is InChI=1S/C18H18O3/c1-2-20-18(19)21-17(13-15-9-5-3-6-10-15)14-16-11-7-4-8-12-16/h3-13H,2,14H2,1H3/b17-13-. The molecule has 0 saturated carbocycles. The average molecular weight is 282 g/mol. The smallest absolute Gasteiger partial charge is 0.434 e. The highest BCUT2D eigenvalue weighted by atomic mass is 16.7. The summed E-state index contributed by atoms with van der Waals surface area (Å²) in [5.74, 6) is 0.561. The topological polar surface area (TPSA) is 35.5 Å². The summed E-state index contributed by atoms with van der Waals surface area (Å²) in [7, 11) is 0. The van der Waals surface area contributed by atoms with Crippen LogP contribution in [0.15, 0.2) is 66.4 Å². The molecule has 0 amide bonds. The van der Waals surface area contributed by atoms with Gasteiger partial charge in [-0.3, -0.25) is 0 Å². The summed E-state index contributed by atoms with van der Waals surface area (Å²) in [6.45, 7) is 2.04.